The van der Waals surface area contributed by atoms with Crippen LogP contribution < -0.4 is 10.1 Å². The molecule has 114 valence electrons. The molecule has 4 heteroatoms. The second-order valence-electron chi connectivity index (χ2n) is 6.43. The molecule has 1 N–H and O–H groups in total. The smallest absolute Gasteiger partial charge is 0.270 e. The molecular formula is C18H20N2O2. The zero-order valence-electron chi connectivity index (χ0n) is 12.7. The number of nitrogens with zero attached hydrogens (tertiary/aromatic N) is 1. The number of nitrogens with one attached hydrogen (secondary N) is 1. The van der Waals surface area contributed by atoms with Crippen molar-refractivity contribution in [1.82, 2.24) is 10.3 Å². The molecule has 1 aromatic carbocycles. The minimum atomic E-state index is -0.0403. The van der Waals surface area contributed by atoms with E-state index in [1.807, 2.05) is 24.3 Å². The van der Waals surface area contributed by atoms with Crippen molar-refractivity contribution in [3.63, 3.8) is 0 Å². The predicted molar refractivity (Wildman–Crippen MR) is 85.0 cm³/mol. The highest BCUT2D eigenvalue weighted by Crippen LogP contribution is 2.44. The van der Waals surface area contributed by atoms with Gasteiger partial charge in [0, 0.05) is 11.4 Å². The number of aromatic nitrogens is 1. The number of hydrogen-bond acceptors (Lipinski definition) is 3. The molecule has 22 heavy (non-hydrogen) atoms. The van der Waals surface area contributed by atoms with E-state index in [9.17, 15) is 4.79 Å². The van der Waals surface area contributed by atoms with Gasteiger partial charge in [-0.3, -0.25) is 4.79 Å². The van der Waals surface area contributed by atoms with Crippen LogP contribution in [0, 0.1) is 11.8 Å². The molecular weight excluding hydrogens is 276 g/mol. The van der Waals surface area contributed by atoms with Gasteiger partial charge in [-0.25, -0.2) is 4.98 Å². The standard InChI is InChI=1S/C18H20N2O2/c1-22-14-7-9-15-13(10-14)6-8-16(19-15)18(21)20-17(11-2-3-11)12-4-5-12/h6-12,17H,2-5H2,1H3,(H,20,21). The summed E-state index contributed by atoms with van der Waals surface area (Å²) in [4.78, 5) is 17.0. The van der Waals surface area contributed by atoms with Gasteiger partial charge in [-0.1, -0.05) is 6.07 Å². The zero-order valence-corrected chi connectivity index (χ0v) is 12.7. The van der Waals surface area contributed by atoms with Crippen LogP contribution in [0.4, 0.5) is 0 Å². The molecule has 2 aliphatic carbocycles. The van der Waals surface area contributed by atoms with E-state index in [0.29, 0.717) is 23.6 Å². The second-order valence-corrected chi connectivity index (χ2v) is 6.43. The topological polar surface area (TPSA) is 51.2 Å². The summed E-state index contributed by atoms with van der Waals surface area (Å²) in [7, 11) is 1.65. The Kier molecular flexibility index (Phi) is 3.25. The van der Waals surface area contributed by atoms with Crippen LogP contribution in [0.25, 0.3) is 10.9 Å². The highest BCUT2D eigenvalue weighted by Gasteiger charge is 2.42. The third-order valence-electron chi connectivity index (χ3n) is 4.69. The van der Waals surface area contributed by atoms with Crippen molar-refractivity contribution in [2.75, 3.05) is 7.11 Å². The summed E-state index contributed by atoms with van der Waals surface area (Å²) in [6, 6.07) is 9.79. The fourth-order valence-electron chi connectivity index (χ4n) is 3.11. The lowest BCUT2D eigenvalue weighted by Gasteiger charge is -2.17. The number of amides is 1. The molecule has 2 aromatic rings. The van der Waals surface area contributed by atoms with Crippen LogP contribution in [0.15, 0.2) is 30.3 Å². The molecule has 2 saturated carbocycles. The molecule has 4 rings (SSSR count). The maximum atomic E-state index is 12.5. The van der Waals surface area contributed by atoms with Crippen LogP contribution in [-0.2, 0) is 0 Å². The molecule has 0 aliphatic heterocycles. The number of benzene rings is 1. The van der Waals surface area contributed by atoms with E-state index >= 15 is 0 Å². The van der Waals surface area contributed by atoms with Gasteiger partial charge >= 0.3 is 0 Å². The predicted octanol–water partition coefficient (Wildman–Crippen LogP) is 3.16. The van der Waals surface area contributed by atoms with E-state index in [1.54, 1.807) is 13.2 Å². The van der Waals surface area contributed by atoms with Crippen molar-refractivity contribution in [3.05, 3.63) is 36.0 Å². The van der Waals surface area contributed by atoms with Gasteiger partial charge in [-0.2, -0.15) is 0 Å². The Morgan fingerprint density at radius 3 is 2.55 bits per heavy atom. The van der Waals surface area contributed by atoms with Crippen LogP contribution in [0.1, 0.15) is 36.2 Å². The van der Waals surface area contributed by atoms with Gasteiger partial charge in [0.05, 0.1) is 12.6 Å². The Labute approximate surface area is 129 Å². The molecule has 0 bridgehead atoms. The van der Waals surface area contributed by atoms with Crippen molar-refractivity contribution >= 4 is 16.8 Å². The van der Waals surface area contributed by atoms with Gasteiger partial charge in [0.15, 0.2) is 0 Å². The SMILES string of the molecule is COc1ccc2nc(C(=O)NC(C3CC3)C3CC3)ccc2c1. The van der Waals surface area contributed by atoms with E-state index in [0.717, 1.165) is 16.7 Å². The lowest BCUT2D eigenvalue weighted by molar-refractivity contribution is 0.0921. The number of carbonyl (C=O) groups excluding carboxylic acids is 1. The molecule has 0 radical (unpaired) electrons. The first-order valence-corrected chi connectivity index (χ1v) is 8.00. The average Bonchev–Trinajstić information content (AvgIpc) is 3.44. The maximum absolute atomic E-state index is 12.5. The highest BCUT2D eigenvalue weighted by atomic mass is 16.5. The normalized spacial score (nSPS) is 17.7. The van der Waals surface area contributed by atoms with Crippen molar-refractivity contribution < 1.29 is 9.53 Å². The molecule has 0 saturated heterocycles. The number of methoxy groups -OCH3 is 1. The van der Waals surface area contributed by atoms with Gasteiger partial charge in [-0.05, 0) is 61.8 Å². The molecule has 2 aliphatic rings. The van der Waals surface area contributed by atoms with E-state index in [1.165, 1.54) is 25.7 Å². The van der Waals surface area contributed by atoms with Crippen molar-refractivity contribution in [2.45, 2.75) is 31.7 Å². The van der Waals surface area contributed by atoms with Crippen molar-refractivity contribution in [1.29, 1.82) is 0 Å². The molecule has 0 atom stereocenters. The summed E-state index contributed by atoms with van der Waals surface area (Å²) in [5, 5.41) is 4.20. The van der Waals surface area contributed by atoms with Gasteiger partial charge in [0.2, 0.25) is 0 Å². The summed E-state index contributed by atoms with van der Waals surface area (Å²) in [5.41, 5.74) is 1.33. The van der Waals surface area contributed by atoms with Crippen LogP contribution in [-0.4, -0.2) is 24.0 Å². The summed E-state index contributed by atoms with van der Waals surface area (Å²) in [6.07, 6.45) is 5.03. The third kappa shape index (κ3) is 2.65. The third-order valence-corrected chi connectivity index (χ3v) is 4.69. The van der Waals surface area contributed by atoms with E-state index in [2.05, 4.69) is 10.3 Å². The van der Waals surface area contributed by atoms with Crippen LogP contribution in [0.5, 0.6) is 5.75 Å². The van der Waals surface area contributed by atoms with Crippen molar-refractivity contribution in [3.8, 4) is 5.75 Å². The zero-order chi connectivity index (χ0) is 15.1. The number of fused-ring (bicyclic) bond motifs is 1. The Morgan fingerprint density at radius 1 is 1.18 bits per heavy atom. The minimum Gasteiger partial charge on any atom is -0.497 e. The summed E-state index contributed by atoms with van der Waals surface area (Å²) < 4.78 is 5.21. The van der Waals surface area contributed by atoms with E-state index < -0.39 is 0 Å². The second kappa shape index (κ2) is 5.27. The number of rotatable bonds is 5. The first kappa shape index (κ1) is 13.6. The van der Waals surface area contributed by atoms with Crippen LogP contribution >= 0.6 is 0 Å². The lowest BCUT2D eigenvalue weighted by Crippen LogP contribution is -2.38. The first-order chi connectivity index (χ1) is 10.7. The van der Waals surface area contributed by atoms with E-state index in [4.69, 9.17) is 4.74 Å². The van der Waals surface area contributed by atoms with Gasteiger partial charge in [0.25, 0.3) is 5.91 Å². The average molecular weight is 296 g/mol. The molecule has 0 spiro atoms. The molecule has 4 nitrogen and oxygen atoms in total. The number of ether oxygens (including phenoxy) is 1. The Bertz CT molecular complexity index is 708. The van der Waals surface area contributed by atoms with Crippen LogP contribution in [0.2, 0.25) is 0 Å². The quantitative estimate of drug-likeness (QED) is 0.922. The largest absolute Gasteiger partial charge is 0.497 e. The van der Waals surface area contributed by atoms with Crippen LogP contribution in [0.3, 0.4) is 0 Å². The number of pyridine rings is 1. The molecule has 2 fully saturated rings. The first-order valence-electron chi connectivity index (χ1n) is 8.00. The Balaban J connectivity index is 1.55. The summed E-state index contributed by atoms with van der Waals surface area (Å²) >= 11 is 0. The van der Waals surface area contributed by atoms with Crippen molar-refractivity contribution in [2.24, 2.45) is 11.8 Å². The fourth-order valence-corrected chi connectivity index (χ4v) is 3.11. The van der Waals surface area contributed by atoms with Gasteiger partial charge in [0.1, 0.15) is 11.4 Å². The maximum Gasteiger partial charge on any atom is 0.270 e. The molecule has 1 amide bonds. The van der Waals surface area contributed by atoms with Gasteiger partial charge in [-0.15, -0.1) is 0 Å². The number of carbonyl (C=O) groups is 1. The highest BCUT2D eigenvalue weighted by molar-refractivity contribution is 5.95. The van der Waals surface area contributed by atoms with Gasteiger partial charge < -0.3 is 10.1 Å². The Hall–Kier alpha value is -2.10. The molecule has 1 aromatic heterocycles. The lowest BCUT2D eigenvalue weighted by atomic mass is 10.1. The monoisotopic (exact) mass is 296 g/mol. The molecule has 0 unspecified atom stereocenters. The minimum absolute atomic E-state index is 0.0403. The summed E-state index contributed by atoms with van der Waals surface area (Å²) in [6.45, 7) is 0. The number of hydrogen-bond donors (Lipinski definition) is 1. The Morgan fingerprint density at radius 2 is 1.91 bits per heavy atom. The summed E-state index contributed by atoms with van der Waals surface area (Å²) in [5.74, 6) is 2.15. The van der Waals surface area contributed by atoms with E-state index in [-0.39, 0.29) is 5.91 Å². The fraction of sp³-hybridized carbons (Fsp3) is 0.444. The molecule has 1 heterocycles.